The van der Waals surface area contributed by atoms with Crippen LogP contribution in [0.1, 0.15) is 27.3 Å². The summed E-state index contributed by atoms with van der Waals surface area (Å²) in [5.74, 6) is 0.179. The maximum atomic E-state index is 12.6. The van der Waals surface area contributed by atoms with Crippen molar-refractivity contribution >= 4 is 40.1 Å². The molecule has 9 nitrogen and oxygen atoms in total. The van der Waals surface area contributed by atoms with Crippen LogP contribution in [0.3, 0.4) is 0 Å². The summed E-state index contributed by atoms with van der Waals surface area (Å²) in [4.78, 5) is 26.7. The van der Waals surface area contributed by atoms with Gasteiger partial charge < -0.3 is 29.6 Å². The van der Waals surface area contributed by atoms with Gasteiger partial charge in [-0.25, -0.2) is 4.98 Å². The van der Waals surface area contributed by atoms with Gasteiger partial charge in [0.2, 0.25) is 0 Å². The Balaban J connectivity index is 1.18. The highest BCUT2D eigenvalue weighted by Gasteiger charge is 2.13. The van der Waals surface area contributed by atoms with Crippen molar-refractivity contribution in [2.24, 2.45) is 12.0 Å². The molecule has 3 aromatic carbocycles. The van der Waals surface area contributed by atoms with E-state index in [4.69, 9.17) is 4.74 Å². The molecular formula is C31H30N6O3. The van der Waals surface area contributed by atoms with E-state index in [0.717, 1.165) is 59.7 Å². The van der Waals surface area contributed by atoms with E-state index in [1.54, 1.807) is 30.2 Å². The zero-order valence-electron chi connectivity index (χ0n) is 22.2. The molecule has 0 aliphatic carbocycles. The van der Waals surface area contributed by atoms with E-state index in [2.05, 4.69) is 43.4 Å². The Bertz CT molecular complexity index is 1680. The molecule has 2 aromatic heterocycles. The fraction of sp³-hybridized carbons (Fsp3) is 0.194. The van der Waals surface area contributed by atoms with Crippen LogP contribution in [0.4, 0.5) is 17.1 Å². The second-order valence-electron chi connectivity index (χ2n) is 9.83. The number of benzene rings is 3. The van der Waals surface area contributed by atoms with Gasteiger partial charge in [0.25, 0.3) is 5.91 Å². The highest BCUT2D eigenvalue weighted by molar-refractivity contribution is 6.03. The minimum atomic E-state index is -0.256. The SMILES string of the molecule is Cn1ccnc1C(=O)Nc1cccc(Cc2ccc3[nH]c(O)c(C=Nc4ccc(N5CCOCC5)cc4)c3c2)c1. The normalized spacial score (nSPS) is 13.8. The van der Waals surface area contributed by atoms with E-state index in [0.29, 0.717) is 23.5 Å². The Labute approximate surface area is 231 Å². The third-order valence-corrected chi connectivity index (χ3v) is 7.07. The molecule has 1 amide bonds. The van der Waals surface area contributed by atoms with Crippen molar-refractivity contribution < 1.29 is 14.6 Å². The maximum Gasteiger partial charge on any atom is 0.291 e. The van der Waals surface area contributed by atoms with E-state index in [1.807, 2.05) is 48.5 Å². The average molecular weight is 535 g/mol. The van der Waals surface area contributed by atoms with Crippen molar-refractivity contribution in [1.29, 1.82) is 0 Å². The summed E-state index contributed by atoms with van der Waals surface area (Å²) in [5.41, 5.74) is 6.27. The largest absolute Gasteiger partial charge is 0.494 e. The van der Waals surface area contributed by atoms with Crippen LogP contribution in [-0.2, 0) is 18.2 Å². The molecule has 0 unspecified atom stereocenters. The molecule has 1 aliphatic rings. The fourth-order valence-corrected chi connectivity index (χ4v) is 4.96. The number of aliphatic imine (C=N–C) groups is 1. The number of hydrogen-bond donors (Lipinski definition) is 3. The van der Waals surface area contributed by atoms with Crippen LogP contribution in [0.15, 0.2) is 84.1 Å². The Hall–Kier alpha value is -4.89. The molecule has 6 rings (SSSR count). The van der Waals surface area contributed by atoms with E-state index >= 15 is 0 Å². The summed E-state index contributed by atoms with van der Waals surface area (Å²) in [5, 5.41) is 14.4. The monoisotopic (exact) mass is 534 g/mol. The number of fused-ring (bicyclic) bond motifs is 1. The zero-order valence-corrected chi connectivity index (χ0v) is 22.2. The van der Waals surface area contributed by atoms with E-state index < -0.39 is 0 Å². The number of aryl methyl sites for hydroxylation is 1. The predicted molar refractivity (Wildman–Crippen MR) is 157 cm³/mol. The minimum Gasteiger partial charge on any atom is -0.494 e. The number of amides is 1. The topological polar surface area (TPSA) is 108 Å². The molecule has 3 N–H and O–H groups in total. The fourth-order valence-electron chi connectivity index (χ4n) is 4.96. The first-order valence-electron chi connectivity index (χ1n) is 13.2. The van der Waals surface area contributed by atoms with Crippen molar-refractivity contribution in [3.63, 3.8) is 0 Å². The molecule has 40 heavy (non-hydrogen) atoms. The van der Waals surface area contributed by atoms with Gasteiger partial charge in [-0.15, -0.1) is 0 Å². The molecule has 0 spiro atoms. The highest BCUT2D eigenvalue weighted by Crippen LogP contribution is 2.29. The van der Waals surface area contributed by atoms with E-state index in [-0.39, 0.29) is 11.8 Å². The summed E-state index contributed by atoms with van der Waals surface area (Å²) in [7, 11) is 1.79. The number of ether oxygens (including phenoxy) is 1. The first-order valence-corrected chi connectivity index (χ1v) is 13.2. The zero-order chi connectivity index (χ0) is 27.5. The number of aromatic hydroxyl groups is 1. The quantitative estimate of drug-likeness (QED) is 0.254. The molecule has 0 radical (unpaired) electrons. The van der Waals surface area contributed by atoms with Crippen molar-refractivity contribution in [1.82, 2.24) is 14.5 Å². The van der Waals surface area contributed by atoms with Crippen LogP contribution >= 0.6 is 0 Å². The number of carbonyl (C=O) groups excluding carboxylic acids is 1. The van der Waals surface area contributed by atoms with Gasteiger partial charge in [0.15, 0.2) is 11.7 Å². The molecule has 1 fully saturated rings. The molecule has 9 heteroatoms. The molecule has 3 heterocycles. The lowest BCUT2D eigenvalue weighted by Gasteiger charge is -2.28. The summed E-state index contributed by atoms with van der Waals surface area (Å²) < 4.78 is 7.12. The number of aromatic amines is 1. The average Bonchev–Trinajstić information content (AvgIpc) is 3.54. The number of morpholine rings is 1. The standard InChI is InChI=1S/C31H30N6O3/c1-36-12-11-32-29(36)31(39)34-24-4-2-3-21(18-24)17-22-5-10-28-26(19-22)27(30(38)35-28)20-33-23-6-8-25(9-7-23)37-13-15-40-16-14-37/h2-12,18-20,35,38H,13-17H2,1H3,(H,34,39). The van der Waals surface area contributed by atoms with Gasteiger partial charge in [-0.05, 0) is 66.1 Å². The van der Waals surface area contributed by atoms with Crippen molar-refractivity contribution in [3.05, 3.63) is 102 Å². The van der Waals surface area contributed by atoms with Crippen molar-refractivity contribution in [2.45, 2.75) is 6.42 Å². The summed E-state index contributed by atoms with van der Waals surface area (Å²) >= 11 is 0. The van der Waals surface area contributed by atoms with Crippen LogP contribution in [-0.4, -0.2) is 58.1 Å². The summed E-state index contributed by atoms with van der Waals surface area (Å²) in [6, 6.07) is 21.9. The van der Waals surface area contributed by atoms with Crippen LogP contribution in [0.2, 0.25) is 0 Å². The number of H-pyrrole nitrogens is 1. The number of imidazole rings is 1. The van der Waals surface area contributed by atoms with Gasteiger partial charge >= 0.3 is 0 Å². The van der Waals surface area contributed by atoms with Crippen LogP contribution in [0.25, 0.3) is 10.9 Å². The number of rotatable bonds is 7. The van der Waals surface area contributed by atoms with Gasteiger partial charge in [-0.2, -0.15) is 0 Å². The first-order chi connectivity index (χ1) is 19.5. The van der Waals surface area contributed by atoms with Gasteiger partial charge in [0, 0.05) is 61.0 Å². The third-order valence-electron chi connectivity index (χ3n) is 7.07. The second-order valence-corrected chi connectivity index (χ2v) is 9.83. The Morgan fingerprint density at radius 1 is 1.10 bits per heavy atom. The van der Waals surface area contributed by atoms with Crippen LogP contribution < -0.4 is 10.2 Å². The lowest BCUT2D eigenvalue weighted by Crippen LogP contribution is -2.36. The minimum absolute atomic E-state index is 0.0832. The molecule has 1 saturated heterocycles. The van der Waals surface area contributed by atoms with Gasteiger partial charge in [0.1, 0.15) is 0 Å². The first kappa shape index (κ1) is 25.4. The summed E-state index contributed by atoms with van der Waals surface area (Å²) in [6.45, 7) is 3.27. The number of carbonyl (C=O) groups is 1. The number of anilines is 2. The van der Waals surface area contributed by atoms with Crippen molar-refractivity contribution in [2.75, 3.05) is 36.5 Å². The van der Waals surface area contributed by atoms with E-state index in [9.17, 15) is 9.90 Å². The van der Waals surface area contributed by atoms with Gasteiger partial charge in [-0.3, -0.25) is 9.79 Å². The predicted octanol–water partition coefficient (Wildman–Crippen LogP) is 5.04. The Morgan fingerprint density at radius 2 is 1.90 bits per heavy atom. The number of nitrogens with zero attached hydrogens (tertiary/aromatic N) is 4. The molecule has 1 aliphatic heterocycles. The maximum absolute atomic E-state index is 12.6. The van der Waals surface area contributed by atoms with Gasteiger partial charge in [0.05, 0.1) is 24.5 Å². The summed E-state index contributed by atoms with van der Waals surface area (Å²) in [6.07, 6.45) is 5.70. The Kier molecular flexibility index (Phi) is 7.03. The van der Waals surface area contributed by atoms with Gasteiger partial charge in [-0.1, -0.05) is 18.2 Å². The van der Waals surface area contributed by atoms with Crippen LogP contribution in [0, 0.1) is 0 Å². The molecule has 0 saturated carbocycles. The smallest absolute Gasteiger partial charge is 0.291 e. The molecule has 202 valence electrons. The van der Waals surface area contributed by atoms with E-state index in [1.165, 1.54) is 0 Å². The third kappa shape index (κ3) is 5.45. The number of nitrogens with one attached hydrogen (secondary N) is 2. The molecule has 5 aromatic rings. The second kappa shape index (κ2) is 11.1. The Morgan fingerprint density at radius 3 is 2.67 bits per heavy atom. The highest BCUT2D eigenvalue weighted by atomic mass is 16.5. The lowest BCUT2D eigenvalue weighted by molar-refractivity contribution is 0.101. The molecule has 0 atom stereocenters. The lowest BCUT2D eigenvalue weighted by atomic mass is 10.0. The van der Waals surface area contributed by atoms with Crippen LogP contribution in [0.5, 0.6) is 5.88 Å². The number of aromatic nitrogens is 3. The van der Waals surface area contributed by atoms with Crippen molar-refractivity contribution in [3.8, 4) is 5.88 Å². The molecular weight excluding hydrogens is 504 g/mol. The number of hydrogen-bond acceptors (Lipinski definition) is 6. The molecule has 0 bridgehead atoms.